The molecule has 1 aliphatic heterocycles. The van der Waals surface area contributed by atoms with Gasteiger partial charge in [-0.1, -0.05) is 24.3 Å². The molecule has 4 rings (SSSR count). The van der Waals surface area contributed by atoms with Gasteiger partial charge >= 0.3 is 0 Å². The van der Waals surface area contributed by atoms with Crippen molar-refractivity contribution in [2.75, 3.05) is 36.5 Å². The number of thioether (sulfide) groups is 1. The number of carbonyl (C=O) groups is 1. The van der Waals surface area contributed by atoms with Crippen molar-refractivity contribution in [1.29, 1.82) is 0 Å². The Morgan fingerprint density at radius 1 is 0.938 bits per heavy atom. The summed E-state index contributed by atoms with van der Waals surface area (Å²) in [6.07, 6.45) is 3.76. The van der Waals surface area contributed by atoms with Crippen LogP contribution in [0.4, 0.5) is 5.69 Å². The van der Waals surface area contributed by atoms with Crippen LogP contribution in [0.2, 0.25) is 0 Å². The number of sulfonamides is 1. The van der Waals surface area contributed by atoms with Gasteiger partial charge in [0.05, 0.1) is 4.90 Å². The van der Waals surface area contributed by atoms with Gasteiger partial charge in [0, 0.05) is 49.3 Å². The first-order chi connectivity index (χ1) is 15.5. The van der Waals surface area contributed by atoms with Gasteiger partial charge in [0.2, 0.25) is 15.9 Å². The van der Waals surface area contributed by atoms with Crippen molar-refractivity contribution in [2.24, 2.45) is 0 Å². The van der Waals surface area contributed by atoms with Gasteiger partial charge < -0.3 is 10.2 Å². The minimum atomic E-state index is -3.43. The molecule has 1 saturated carbocycles. The normalized spacial score (nSPS) is 17.2. The zero-order chi connectivity index (χ0) is 22.4. The van der Waals surface area contributed by atoms with Crippen LogP contribution in [0.5, 0.6) is 0 Å². The Labute approximate surface area is 195 Å². The van der Waals surface area contributed by atoms with Gasteiger partial charge in [-0.25, -0.2) is 13.1 Å². The summed E-state index contributed by atoms with van der Waals surface area (Å²) in [6, 6.07) is 15.0. The summed E-state index contributed by atoms with van der Waals surface area (Å²) in [7, 11) is -3.43. The number of nitrogens with one attached hydrogen (secondary N) is 2. The zero-order valence-corrected chi connectivity index (χ0v) is 19.9. The van der Waals surface area contributed by atoms with Crippen LogP contribution in [-0.4, -0.2) is 56.4 Å². The van der Waals surface area contributed by atoms with Crippen LogP contribution in [0.15, 0.2) is 53.4 Å². The summed E-state index contributed by atoms with van der Waals surface area (Å²) in [6.45, 7) is 3.44. The first kappa shape index (κ1) is 23.3. The van der Waals surface area contributed by atoms with E-state index in [9.17, 15) is 13.2 Å². The fraction of sp³-hybridized carbons (Fsp3) is 0.458. The summed E-state index contributed by atoms with van der Waals surface area (Å²) in [5.41, 5.74) is 3.03. The monoisotopic (exact) mass is 473 g/mol. The van der Waals surface area contributed by atoms with Crippen molar-refractivity contribution in [3.8, 4) is 0 Å². The molecule has 1 heterocycles. The third-order valence-electron chi connectivity index (χ3n) is 5.83. The summed E-state index contributed by atoms with van der Waals surface area (Å²) in [5.74, 6) is 2.41. The number of carbonyl (C=O) groups excluding carboxylic acids is 1. The molecule has 172 valence electrons. The molecule has 0 atom stereocenters. The summed E-state index contributed by atoms with van der Waals surface area (Å²) in [4.78, 5) is 15.1. The van der Waals surface area contributed by atoms with E-state index in [1.165, 1.54) is 30.2 Å². The molecule has 0 unspecified atom stereocenters. The maximum absolute atomic E-state index is 12.3. The molecule has 2 aromatic carbocycles. The molecule has 2 aliphatic rings. The molecule has 1 saturated heterocycles. The highest BCUT2D eigenvalue weighted by molar-refractivity contribution is 7.99. The highest BCUT2D eigenvalue weighted by atomic mass is 32.2. The number of hydrogen-bond acceptors (Lipinski definition) is 5. The Hall–Kier alpha value is -1.87. The van der Waals surface area contributed by atoms with E-state index in [-0.39, 0.29) is 16.8 Å². The molecule has 1 amide bonds. The zero-order valence-electron chi connectivity index (χ0n) is 18.3. The van der Waals surface area contributed by atoms with Gasteiger partial charge in [0.25, 0.3) is 0 Å². The van der Waals surface area contributed by atoms with Crippen LogP contribution in [-0.2, 0) is 27.7 Å². The third-order valence-corrected chi connectivity index (χ3v) is 8.31. The average molecular weight is 474 g/mol. The molecule has 0 bridgehead atoms. The van der Waals surface area contributed by atoms with Gasteiger partial charge in [0.1, 0.15) is 0 Å². The molecule has 32 heavy (non-hydrogen) atoms. The van der Waals surface area contributed by atoms with Crippen LogP contribution in [0.3, 0.4) is 0 Å². The highest BCUT2D eigenvalue weighted by Crippen LogP contribution is 2.22. The largest absolute Gasteiger partial charge is 0.326 e. The molecule has 8 heteroatoms. The number of aryl methyl sites for hydroxylation is 1. The van der Waals surface area contributed by atoms with Crippen LogP contribution in [0.25, 0.3) is 0 Å². The van der Waals surface area contributed by atoms with Gasteiger partial charge in [-0.05, 0) is 61.1 Å². The van der Waals surface area contributed by atoms with Crippen molar-refractivity contribution < 1.29 is 13.2 Å². The van der Waals surface area contributed by atoms with Gasteiger partial charge in [-0.15, -0.1) is 0 Å². The minimum absolute atomic E-state index is 0.0457. The first-order valence-electron chi connectivity index (χ1n) is 11.3. The molecule has 1 aliphatic carbocycles. The lowest BCUT2D eigenvalue weighted by molar-refractivity contribution is -0.116. The first-order valence-corrected chi connectivity index (χ1v) is 13.9. The van der Waals surface area contributed by atoms with E-state index in [1.807, 2.05) is 23.9 Å². The second-order valence-corrected chi connectivity index (χ2v) is 11.4. The van der Waals surface area contributed by atoms with Crippen molar-refractivity contribution in [3.05, 3.63) is 59.7 Å². The number of amides is 1. The molecule has 0 aromatic heterocycles. The molecule has 2 fully saturated rings. The van der Waals surface area contributed by atoms with E-state index < -0.39 is 10.0 Å². The Bertz CT molecular complexity index is 998. The van der Waals surface area contributed by atoms with Crippen LogP contribution in [0, 0.1) is 0 Å². The van der Waals surface area contributed by atoms with Gasteiger partial charge in [0.15, 0.2) is 0 Å². The smallest absolute Gasteiger partial charge is 0.240 e. The van der Waals surface area contributed by atoms with Crippen LogP contribution >= 0.6 is 11.8 Å². The maximum Gasteiger partial charge on any atom is 0.240 e. The number of hydrogen-bond donors (Lipinski definition) is 2. The standard InChI is InChI=1S/C24H31N3O3S2/c28-24(12-5-19-3-10-23(11-4-19)32(29,30)26-22-8-9-22)25-21-6-1-20(2-7-21)13-14-27-15-17-31-18-16-27/h1-4,6-7,10-11,22,26H,5,8-9,12-18H2,(H,25,28). The predicted octanol–water partition coefficient (Wildman–Crippen LogP) is 3.29. The predicted molar refractivity (Wildman–Crippen MR) is 131 cm³/mol. The van der Waals surface area contributed by atoms with Crippen molar-refractivity contribution in [1.82, 2.24) is 9.62 Å². The van der Waals surface area contributed by atoms with E-state index in [1.54, 1.807) is 24.3 Å². The van der Waals surface area contributed by atoms with E-state index in [2.05, 4.69) is 27.1 Å². The fourth-order valence-electron chi connectivity index (χ4n) is 3.67. The number of anilines is 1. The summed E-state index contributed by atoms with van der Waals surface area (Å²) >= 11 is 2.03. The lowest BCUT2D eigenvalue weighted by Crippen LogP contribution is -2.34. The van der Waals surface area contributed by atoms with E-state index >= 15 is 0 Å². The van der Waals surface area contributed by atoms with E-state index in [0.717, 1.165) is 37.1 Å². The minimum Gasteiger partial charge on any atom is -0.326 e. The molecule has 0 spiro atoms. The Kier molecular flexibility index (Phi) is 7.88. The molecule has 2 aromatic rings. The number of rotatable bonds is 10. The van der Waals surface area contributed by atoms with Crippen molar-refractivity contribution in [3.63, 3.8) is 0 Å². The quantitative estimate of drug-likeness (QED) is 0.554. The van der Waals surface area contributed by atoms with Crippen molar-refractivity contribution >= 4 is 33.4 Å². The molecule has 2 N–H and O–H groups in total. The van der Waals surface area contributed by atoms with Crippen LogP contribution < -0.4 is 10.0 Å². The topological polar surface area (TPSA) is 78.5 Å². The lowest BCUT2D eigenvalue weighted by atomic mass is 10.1. The Morgan fingerprint density at radius 2 is 1.56 bits per heavy atom. The van der Waals surface area contributed by atoms with Crippen LogP contribution in [0.1, 0.15) is 30.4 Å². The fourth-order valence-corrected chi connectivity index (χ4v) is 5.96. The molecular weight excluding hydrogens is 442 g/mol. The van der Waals surface area contributed by atoms with E-state index in [0.29, 0.717) is 12.8 Å². The summed E-state index contributed by atoms with van der Waals surface area (Å²) in [5, 5.41) is 2.95. The van der Waals surface area contributed by atoms with Gasteiger partial charge in [-0.2, -0.15) is 11.8 Å². The maximum atomic E-state index is 12.3. The Balaban J connectivity index is 1.20. The molecule has 6 nitrogen and oxygen atoms in total. The Morgan fingerprint density at radius 3 is 2.22 bits per heavy atom. The molecular formula is C24H31N3O3S2. The van der Waals surface area contributed by atoms with Gasteiger partial charge in [-0.3, -0.25) is 4.79 Å². The van der Waals surface area contributed by atoms with Crippen molar-refractivity contribution in [2.45, 2.75) is 43.0 Å². The summed E-state index contributed by atoms with van der Waals surface area (Å²) < 4.78 is 27.1. The molecule has 0 radical (unpaired) electrons. The lowest BCUT2D eigenvalue weighted by Gasteiger charge is -2.26. The SMILES string of the molecule is O=C(CCc1ccc(S(=O)(=O)NC2CC2)cc1)Nc1ccc(CCN2CCSCC2)cc1. The highest BCUT2D eigenvalue weighted by Gasteiger charge is 2.27. The second-order valence-electron chi connectivity index (χ2n) is 8.49. The average Bonchev–Trinajstić information content (AvgIpc) is 3.61. The number of benzene rings is 2. The second kappa shape index (κ2) is 10.8. The number of nitrogens with zero attached hydrogens (tertiary/aromatic N) is 1. The van der Waals surface area contributed by atoms with E-state index in [4.69, 9.17) is 0 Å². The third kappa shape index (κ3) is 7.07.